The predicted octanol–water partition coefficient (Wildman–Crippen LogP) is -1.20. The minimum absolute atomic E-state index is 0. The molecule has 0 bridgehead atoms. The van der Waals surface area contributed by atoms with E-state index in [4.69, 9.17) is 0 Å². The van der Waals surface area contributed by atoms with Gasteiger partial charge in [0.25, 0.3) is 0 Å². The van der Waals surface area contributed by atoms with E-state index in [9.17, 15) is 17.4 Å². The van der Waals surface area contributed by atoms with E-state index < -0.39 is 15.6 Å². The van der Waals surface area contributed by atoms with Crippen LogP contribution in [0.2, 0.25) is 0 Å². The first-order chi connectivity index (χ1) is 5.48. The molecule has 0 aromatic rings. The molecule has 3 nitrogen and oxygen atoms in total. The van der Waals surface area contributed by atoms with Crippen molar-refractivity contribution in [1.82, 2.24) is 0 Å². The topological polar surface area (TPSA) is 57.2 Å². The molecule has 0 rings (SSSR count). The molecule has 0 aromatic carbocycles. The van der Waals surface area contributed by atoms with Gasteiger partial charge in [0, 0.05) is 0 Å². The second-order valence-electron chi connectivity index (χ2n) is 2.75. The Morgan fingerprint density at radius 2 is 1.85 bits per heavy atom. The fraction of sp³-hybridized carbons (Fsp3) is 1.00. The summed E-state index contributed by atoms with van der Waals surface area (Å²) in [5.74, 6) is 0. The standard InChI is InChI=1S/C7H15FO3S.K/c1-2-3-4-5-6-7(8)12(9,10)11;/h7H,2-6H2,1H3,(H,9,10,11);/q;+1/p-1. The van der Waals surface area contributed by atoms with Crippen molar-refractivity contribution in [3.8, 4) is 0 Å². The van der Waals surface area contributed by atoms with Crippen LogP contribution in [0, 0.1) is 0 Å². The quantitative estimate of drug-likeness (QED) is 0.331. The minimum Gasteiger partial charge on any atom is -0.746 e. The number of alkyl halides is 1. The van der Waals surface area contributed by atoms with E-state index >= 15 is 0 Å². The van der Waals surface area contributed by atoms with Gasteiger partial charge in [0.1, 0.15) is 10.1 Å². The first-order valence-electron chi connectivity index (χ1n) is 4.07. The third-order valence-corrected chi connectivity index (χ3v) is 2.46. The van der Waals surface area contributed by atoms with E-state index in [0.717, 1.165) is 19.3 Å². The molecule has 0 fully saturated rings. The summed E-state index contributed by atoms with van der Waals surface area (Å²) in [6.45, 7) is 2.00. The molecule has 13 heavy (non-hydrogen) atoms. The number of hydrogen-bond donors (Lipinski definition) is 0. The zero-order valence-electron chi connectivity index (χ0n) is 8.12. The van der Waals surface area contributed by atoms with Crippen LogP contribution in [-0.4, -0.2) is 18.5 Å². The maximum absolute atomic E-state index is 12.4. The van der Waals surface area contributed by atoms with Gasteiger partial charge in [-0.3, -0.25) is 0 Å². The average molecular weight is 236 g/mol. The van der Waals surface area contributed by atoms with Crippen LogP contribution >= 0.6 is 0 Å². The molecule has 1 atom stereocenters. The van der Waals surface area contributed by atoms with E-state index in [2.05, 4.69) is 0 Å². The van der Waals surface area contributed by atoms with Crippen molar-refractivity contribution in [3.05, 3.63) is 0 Å². The number of halogens is 1. The van der Waals surface area contributed by atoms with Crippen molar-refractivity contribution in [2.45, 2.75) is 44.5 Å². The van der Waals surface area contributed by atoms with Gasteiger partial charge in [-0.25, -0.2) is 12.8 Å². The molecule has 0 aromatic heterocycles. The number of hydrogen-bond acceptors (Lipinski definition) is 3. The van der Waals surface area contributed by atoms with E-state index in [1.54, 1.807) is 0 Å². The van der Waals surface area contributed by atoms with E-state index in [1.165, 1.54) is 0 Å². The second-order valence-corrected chi connectivity index (χ2v) is 4.25. The van der Waals surface area contributed by atoms with Gasteiger partial charge in [0.2, 0.25) is 0 Å². The van der Waals surface area contributed by atoms with Gasteiger partial charge >= 0.3 is 51.4 Å². The Morgan fingerprint density at radius 1 is 1.31 bits per heavy atom. The molecule has 0 N–H and O–H groups in total. The van der Waals surface area contributed by atoms with Gasteiger partial charge in [-0.2, -0.15) is 0 Å². The van der Waals surface area contributed by atoms with Crippen LogP contribution in [0.4, 0.5) is 4.39 Å². The van der Waals surface area contributed by atoms with E-state index in [-0.39, 0.29) is 57.8 Å². The molecular weight excluding hydrogens is 222 g/mol. The largest absolute Gasteiger partial charge is 1.00 e. The van der Waals surface area contributed by atoms with Crippen molar-refractivity contribution >= 4 is 10.1 Å². The maximum Gasteiger partial charge on any atom is 1.00 e. The van der Waals surface area contributed by atoms with Crippen molar-refractivity contribution in [2.75, 3.05) is 0 Å². The van der Waals surface area contributed by atoms with Crippen LogP contribution in [0.15, 0.2) is 0 Å². The van der Waals surface area contributed by atoms with Crippen molar-refractivity contribution < 1.29 is 68.7 Å². The summed E-state index contributed by atoms with van der Waals surface area (Å²) < 4.78 is 42.6. The van der Waals surface area contributed by atoms with Crippen molar-refractivity contribution in [3.63, 3.8) is 0 Å². The van der Waals surface area contributed by atoms with Crippen molar-refractivity contribution in [2.24, 2.45) is 0 Å². The molecule has 0 aliphatic rings. The summed E-state index contributed by atoms with van der Waals surface area (Å²) >= 11 is 0. The summed E-state index contributed by atoms with van der Waals surface area (Å²) in [4.78, 5) is 0. The minimum atomic E-state index is -4.71. The fourth-order valence-corrected chi connectivity index (χ4v) is 1.33. The van der Waals surface area contributed by atoms with Gasteiger partial charge < -0.3 is 4.55 Å². The second kappa shape index (κ2) is 8.76. The Kier molecular flexibility index (Phi) is 11.4. The zero-order chi connectivity index (χ0) is 9.61. The van der Waals surface area contributed by atoms with Gasteiger partial charge in [-0.05, 0) is 12.8 Å². The predicted molar refractivity (Wildman–Crippen MR) is 43.4 cm³/mol. The van der Waals surface area contributed by atoms with Crippen LogP contribution in [-0.2, 0) is 10.1 Å². The molecule has 1 unspecified atom stereocenters. The van der Waals surface area contributed by atoms with E-state index in [0.29, 0.717) is 6.42 Å². The Balaban J connectivity index is 0. The molecule has 0 radical (unpaired) electrons. The molecule has 0 saturated heterocycles. The van der Waals surface area contributed by atoms with Crippen LogP contribution in [0.1, 0.15) is 39.0 Å². The van der Waals surface area contributed by atoms with Crippen LogP contribution in [0.5, 0.6) is 0 Å². The molecule has 0 saturated carbocycles. The number of unbranched alkanes of at least 4 members (excludes halogenated alkanes) is 3. The first kappa shape index (κ1) is 16.9. The summed E-state index contributed by atoms with van der Waals surface area (Å²) in [6.07, 6.45) is 3.04. The molecule has 6 heteroatoms. The average Bonchev–Trinajstić information content (AvgIpc) is 1.96. The normalized spacial score (nSPS) is 13.5. The Hall–Kier alpha value is 1.48. The van der Waals surface area contributed by atoms with E-state index in [1.807, 2.05) is 6.92 Å². The van der Waals surface area contributed by atoms with Crippen LogP contribution in [0.3, 0.4) is 0 Å². The first-order valence-corrected chi connectivity index (χ1v) is 5.54. The smallest absolute Gasteiger partial charge is 0.746 e. The van der Waals surface area contributed by atoms with Gasteiger partial charge in [0.15, 0.2) is 5.50 Å². The Labute approximate surface area is 122 Å². The SMILES string of the molecule is CCCCCCC(F)S(=O)(=O)[O-].[K+]. The monoisotopic (exact) mass is 236 g/mol. The number of rotatable bonds is 6. The zero-order valence-corrected chi connectivity index (χ0v) is 12.1. The molecular formula is C7H14FKO3S. The van der Waals surface area contributed by atoms with Crippen LogP contribution < -0.4 is 51.4 Å². The van der Waals surface area contributed by atoms with Gasteiger partial charge in [-0.15, -0.1) is 0 Å². The summed E-state index contributed by atoms with van der Waals surface area (Å²) in [6, 6.07) is 0. The fourth-order valence-electron chi connectivity index (χ4n) is 0.876. The van der Waals surface area contributed by atoms with Crippen molar-refractivity contribution in [1.29, 1.82) is 0 Å². The molecule has 0 aliphatic carbocycles. The summed E-state index contributed by atoms with van der Waals surface area (Å²) in [7, 11) is -4.71. The maximum atomic E-state index is 12.4. The molecule has 0 heterocycles. The molecule has 74 valence electrons. The summed E-state index contributed by atoms with van der Waals surface area (Å²) in [5.41, 5.74) is -2.21. The van der Waals surface area contributed by atoms with Crippen LogP contribution in [0.25, 0.3) is 0 Å². The molecule has 0 amide bonds. The Morgan fingerprint density at radius 3 is 2.23 bits per heavy atom. The van der Waals surface area contributed by atoms with Gasteiger partial charge in [-0.1, -0.05) is 26.2 Å². The molecule has 0 aliphatic heterocycles. The Bertz CT molecular complexity index is 206. The summed E-state index contributed by atoms with van der Waals surface area (Å²) in [5, 5.41) is 0. The third-order valence-electron chi connectivity index (χ3n) is 1.60. The van der Waals surface area contributed by atoms with Gasteiger partial charge in [0.05, 0.1) is 0 Å². The third kappa shape index (κ3) is 9.77. The molecule has 0 spiro atoms.